The lowest BCUT2D eigenvalue weighted by Gasteiger charge is -2.11. The van der Waals surface area contributed by atoms with E-state index >= 15 is 0 Å². The first-order valence-electron chi connectivity index (χ1n) is 7.78. The maximum atomic E-state index is 11.6. The van der Waals surface area contributed by atoms with Crippen LogP contribution in [0.5, 0.6) is 5.75 Å². The third-order valence-electron chi connectivity index (χ3n) is 3.74. The van der Waals surface area contributed by atoms with Crippen molar-refractivity contribution in [3.8, 4) is 28.0 Å². The predicted molar refractivity (Wildman–Crippen MR) is 108 cm³/mol. The Morgan fingerprint density at radius 1 is 0.760 bits per heavy atom. The average molecular weight is 348 g/mol. The van der Waals surface area contributed by atoms with Gasteiger partial charge >= 0.3 is 5.97 Å². The summed E-state index contributed by atoms with van der Waals surface area (Å²) in [5, 5.41) is 0. The lowest BCUT2D eigenvalue weighted by molar-refractivity contribution is -0.130. The van der Waals surface area contributed by atoms with Crippen molar-refractivity contribution >= 4 is 19.5 Å². The second kappa shape index (κ2) is 8.36. The maximum absolute atomic E-state index is 11.6. The molecule has 0 atom stereocenters. The lowest BCUT2D eigenvalue weighted by Crippen LogP contribution is -2.07. The molecule has 0 saturated heterocycles. The van der Waals surface area contributed by atoms with Crippen LogP contribution in [0.3, 0.4) is 0 Å². The molecule has 0 spiro atoms. The Bertz CT molecular complexity index is 868. The molecular weight excluding hydrogens is 328 g/mol. The highest BCUT2D eigenvalue weighted by Gasteiger charge is 2.08. The Hall–Kier alpha value is -2.78. The summed E-state index contributed by atoms with van der Waals surface area (Å²) >= 11 is 0. The fourth-order valence-electron chi connectivity index (χ4n) is 2.50. The zero-order chi connectivity index (χ0) is 16.9. The zero-order valence-electron chi connectivity index (χ0n) is 14.0. The van der Waals surface area contributed by atoms with Gasteiger partial charge in [-0.2, -0.15) is 13.5 Å². The van der Waals surface area contributed by atoms with Crippen molar-refractivity contribution in [1.29, 1.82) is 0 Å². The molecule has 2 nitrogen and oxygen atoms in total. The fraction of sp³-hybridized carbons (Fsp3) is 0.0455. The second-order valence-corrected chi connectivity index (χ2v) is 5.61. The summed E-state index contributed by atoms with van der Waals surface area (Å²) in [5.41, 5.74) is 4.94. The molecule has 126 valence electrons. The number of ether oxygens (including phenoxy) is 1. The maximum Gasteiger partial charge on any atom is 0.338 e. The standard InChI is InChI=1S/C22H18O2.H2S/c1-16(2)22(23)24-19-14-12-18(13-15-19)21-11-7-6-10-20(21)17-8-4-3-5-9-17;/h3-15H,1H2,2H3;1H2. The molecule has 25 heavy (non-hydrogen) atoms. The fourth-order valence-corrected chi connectivity index (χ4v) is 2.50. The number of benzene rings is 3. The molecule has 0 aliphatic carbocycles. The van der Waals surface area contributed by atoms with E-state index in [0.717, 1.165) is 11.1 Å². The highest BCUT2D eigenvalue weighted by atomic mass is 32.1. The van der Waals surface area contributed by atoms with Gasteiger partial charge in [-0.25, -0.2) is 4.79 Å². The first kappa shape index (κ1) is 18.6. The molecule has 0 saturated carbocycles. The quantitative estimate of drug-likeness (QED) is 0.348. The van der Waals surface area contributed by atoms with E-state index in [0.29, 0.717) is 11.3 Å². The Morgan fingerprint density at radius 2 is 1.24 bits per heavy atom. The summed E-state index contributed by atoms with van der Waals surface area (Å²) in [4.78, 5) is 11.6. The van der Waals surface area contributed by atoms with Crippen LogP contribution in [0.15, 0.2) is 91.0 Å². The number of hydrogen-bond acceptors (Lipinski definition) is 2. The molecule has 0 heterocycles. The van der Waals surface area contributed by atoms with Gasteiger partial charge in [0.1, 0.15) is 5.75 Å². The average Bonchev–Trinajstić information content (AvgIpc) is 2.63. The lowest BCUT2D eigenvalue weighted by atomic mass is 9.95. The van der Waals surface area contributed by atoms with E-state index < -0.39 is 5.97 Å². The smallest absolute Gasteiger partial charge is 0.338 e. The van der Waals surface area contributed by atoms with Crippen molar-refractivity contribution in [2.24, 2.45) is 0 Å². The van der Waals surface area contributed by atoms with Gasteiger partial charge in [-0.3, -0.25) is 0 Å². The number of carbonyl (C=O) groups excluding carboxylic acids is 1. The largest absolute Gasteiger partial charge is 0.423 e. The molecule has 0 bridgehead atoms. The van der Waals surface area contributed by atoms with Crippen molar-refractivity contribution in [3.63, 3.8) is 0 Å². The summed E-state index contributed by atoms with van der Waals surface area (Å²) < 4.78 is 5.24. The van der Waals surface area contributed by atoms with Gasteiger partial charge in [0.25, 0.3) is 0 Å². The van der Waals surface area contributed by atoms with E-state index in [-0.39, 0.29) is 13.5 Å². The molecule has 0 aliphatic rings. The van der Waals surface area contributed by atoms with Crippen LogP contribution in [-0.4, -0.2) is 5.97 Å². The van der Waals surface area contributed by atoms with Gasteiger partial charge in [0.2, 0.25) is 0 Å². The molecular formula is C22H20O2S. The van der Waals surface area contributed by atoms with Gasteiger partial charge in [-0.15, -0.1) is 0 Å². The highest BCUT2D eigenvalue weighted by Crippen LogP contribution is 2.32. The highest BCUT2D eigenvalue weighted by molar-refractivity contribution is 7.59. The molecule has 3 rings (SSSR count). The molecule has 0 radical (unpaired) electrons. The summed E-state index contributed by atoms with van der Waals surface area (Å²) in [5.74, 6) is 0.108. The van der Waals surface area contributed by atoms with E-state index in [2.05, 4.69) is 30.8 Å². The SMILES string of the molecule is C=C(C)C(=O)Oc1ccc(-c2ccccc2-c2ccccc2)cc1.S. The predicted octanol–water partition coefficient (Wildman–Crippen LogP) is 5.61. The van der Waals surface area contributed by atoms with Crippen molar-refractivity contribution in [2.45, 2.75) is 6.92 Å². The van der Waals surface area contributed by atoms with E-state index in [1.54, 1.807) is 19.1 Å². The topological polar surface area (TPSA) is 26.3 Å². The molecule has 0 amide bonds. The normalized spacial score (nSPS) is 9.80. The molecule has 0 fully saturated rings. The van der Waals surface area contributed by atoms with Gasteiger partial charge in [-0.05, 0) is 41.3 Å². The summed E-state index contributed by atoms with van der Waals surface area (Å²) in [6.07, 6.45) is 0. The van der Waals surface area contributed by atoms with Gasteiger partial charge in [0, 0.05) is 5.57 Å². The van der Waals surface area contributed by atoms with Crippen LogP contribution < -0.4 is 4.74 Å². The van der Waals surface area contributed by atoms with E-state index in [1.807, 2.05) is 42.5 Å². The number of carbonyl (C=O) groups is 1. The van der Waals surface area contributed by atoms with Crippen LogP contribution in [0.25, 0.3) is 22.3 Å². The zero-order valence-corrected chi connectivity index (χ0v) is 15.0. The summed E-state index contributed by atoms with van der Waals surface area (Å²) in [6.45, 7) is 5.22. The van der Waals surface area contributed by atoms with Crippen molar-refractivity contribution < 1.29 is 9.53 Å². The minimum absolute atomic E-state index is 0. The van der Waals surface area contributed by atoms with E-state index in [9.17, 15) is 4.79 Å². The Balaban J connectivity index is 0.00000225. The number of rotatable bonds is 4. The first-order chi connectivity index (χ1) is 11.6. The monoisotopic (exact) mass is 348 g/mol. The minimum atomic E-state index is -0.410. The molecule has 0 N–H and O–H groups in total. The Morgan fingerprint density at radius 3 is 1.76 bits per heavy atom. The summed E-state index contributed by atoms with van der Waals surface area (Å²) in [6, 6.07) is 26.1. The second-order valence-electron chi connectivity index (χ2n) is 5.61. The van der Waals surface area contributed by atoms with Crippen LogP contribution >= 0.6 is 13.5 Å². The molecule has 0 aromatic heterocycles. The van der Waals surface area contributed by atoms with Gasteiger partial charge in [0.05, 0.1) is 0 Å². The molecule has 3 heteroatoms. The number of esters is 1. The molecule has 3 aromatic carbocycles. The van der Waals surface area contributed by atoms with Crippen LogP contribution in [0.1, 0.15) is 6.92 Å². The minimum Gasteiger partial charge on any atom is -0.423 e. The Labute approximate surface area is 155 Å². The van der Waals surface area contributed by atoms with Crippen LogP contribution in [0.4, 0.5) is 0 Å². The molecule has 0 aliphatic heterocycles. The van der Waals surface area contributed by atoms with Gasteiger partial charge < -0.3 is 4.74 Å². The van der Waals surface area contributed by atoms with E-state index in [4.69, 9.17) is 4.74 Å². The molecule has 3 aromatic rings. The van der Waals surface area contributed by atoms with Crippen molar-refractivity contribution in [2.75, 3.05) is 0 Å². The number of hydrogen-bond donors (Lipinski definition) is 0. The van der Waals surface area contributed by atoms with Gasteiger partial charge in [0.15, 0.2) is 0 Å². The Kier molecular flexibility index (Phi) is 6.20. The van der Waals surface area contributed by atoms with Crippen LogP contribution in [0.2, 0.25) is 0 Å². The third kappa shape index (κ3) is 4.40. The van der Waals surface area contributed by atoms with Gasteiger partial charge in [-0.1, -0.05) is 73.3 Å². The third-order valence-corrected chi connectivity index (χ3v) is 3.74. The van der Waals surface area contributed by atoms with E-state index in [1.165, 1.54) is 11.1 Å². The van der Waals surface area contributed by atoms with Crippen LogP contribution in [0, 0.1) is 0 Å². The first-order valence-corrected chi connectivity index (χ1v) is 7.78. The van der Waals surface area contributed by atoms with Crippen molar-refractivity contribution in [3.05, 3.63) is 91.0 Å². The summed E-state index contributed by atoms with van der Waals surface area (Å²) in [7, 11) is 0. The molecule has 0 unspecified atom stereocenters. The van der Waals surface area contributed by atoms with Crippen molar-refractivity contribution in [1.82, 2.24) is 0 Å². The van der Waals surface area contributed by atoms with Crippen LogP contribution in [-0.2, 0) is 4.79 Å².